The van der Waals surface area contributed by atoms with Crippen molar-refractivity contribution in [2.45, 2.75) is 38.5 Å². The molecule has 90 valence electrons. The fraction of sp³-hybridized carbons (Fsp3) is 0.833. The molecule has 1 N–H and O–H groups in total. The Morgan fingerprint density at radius 3 is 2.19 bits per heavy atom. The quantitative estimate of drug-likeness (QED) is 0.724. The Morgan fingerprint density at radius 2 is 1.75 bits per heavy atom. The third-order valence-electron chi connectivity index (χ3n) is 4.40. The zero-order valence-corrected chi connectivity index (χ0v) is 9.52. The molecule has 16 heavy (non-hydrogen) atoms. The van der Waals surface area contributed by atoms with Crippen molar-refractivity contribution in [3.05, 3.63) is 0 Å². The number of carbonyl (C=O) groups excluding carboxylic acids is 1. The van der Waals surface area contributed by atoms with Crippen LogP contribution in [-0.4, -0.2) is 35.5 Å². The van der Waals surface area contributed by atoms with Gasteiger partial charge in [0.1, 0.15) is 0 Å². The largest absolute Gasteiger partial charge is 0.481 e. The van der Waals surface area contributed by atoms with E-state index in [9.17, 15) is 9.59 Å². The van der Waals surface area contributed by atoms with Crippen molar-refractivity contribution in [2.75, 3.05) is 13.1 Å². The summed E-state index contributed by atoms with van der Waals surface area (Å²) in [5, 5.41) is 8.95. The van der Waals surface area contributed by atoms with Gasteiger partial charge >= 0.3 is 5.97 Å². The molecule has 0 radical (unpaired) electrons. The van der Waals surface area contributed by atoms with E-state index in [2.05, 4.69) is 0 Å². The van der Waals surface area contributed by atoms with E-state index < -0.39 is 5.97 Å². The van der Waals surface area contributed by atoms with Crippen LogP contribution in [0.2, 0.25) is 0 Å². The van der Waals surface area contributed by atoms with Crippen molar-refractivity contribution in [3.8, 4) is 0 Å². The van der Waals surface area contributed by atoms with Gasteiger partial charge in [-0.3, -0.25) is 9.59 Å². The number of likely N-dealkylation sites (tertiary alicyclic amines) is 1. The van der Waals surface area contributed by atoms with Crippen molar-refractivity contribution >= 4 is 12.4 Å². The van der Waals surface area contributed by atoms with E-state index in [4.69, 9.17) is 5.11 Å². The van der Waals surface area contributed by atoms with Crippen LogP contribution in [0.1, 0.15) is 38.5 Å². The van der Waals surface area contributed by atoms with Gasteiger partial charge in [0.05, 0.1) is 5.92 Å². The SMILES string of the molecule is O=CN1CCC2(CCC(C(=O)O)CC2)CC1. The monoisotopic (exact) mass is 225 g/mol. The molecule has 0 unspecified atom stereocenters. The van der Waals surface area contributed by atoms with Crippen LogP contribution in [0.4, 0.5) is 0 Å². The van der Waals surface area contributed by atoms with E-state index in [1.165, 1.54) is 0 Å². The molecule has 4 nitrogen and oxygen atoms in total. The molecular formula is C12H19NO3. The maximum Gasteiger partial charge on any atom is 0.306 e. The molecule has 0 bridgehead atoms. The Labute approximate surface area is 95.6 Å². The first-order valence-electron chi connectivity index (χ1n) is 6.07. The predicted octanol–water partition coefficient (Wildman–Crippen LogP) is 1.50. The summed E-state index contributed by atoms with van der Waals surface area (Å²) < 4.78 is 0. The summed E-state index contributed by atoms with van der Waals surface area (Å²) in [6.45, 7) is 1.70. The molecule has 0 aromatic carbocycles. The molecule has 2 rings (SSSR count). The molecule has 1 spiro atoms. The highest BCUT2D eigenvalue weighted by atomic mass is 16.4. The number of carboxylic acid groups (broad SMARTS) is 1. The minimum Gasteiger partial charge on any atom is -0.481 e. The van der Waals surface area contributed by atoms with E-state index in [0.29, 0.717) is 5.41 Å². The summed E-state index contributed by atoms with van der Waals surface area (Å²) in [4.78, 5) is 23.3. The number of nitrogens with zero attached hydrogens (tertiary/aromatic N) is 1. The van der Waals surface area contributed by atoms with Gasteiger partial charge in [0.2, 0.25) is 6.41 Å². The van der Waals surface area contributed by atoms with Crippen LogP contribution in [0.25, 0.3) is 0 Å². The lowest BCUT2D eigenvalue weighted by Gasteiger charge is -2.44. The van der Waals surface area contributed by atoms with Crippen molar-refractivity contribution < 1.29 is 14.7 Å². The third kappa shape index (κ3) is 2.20. The Morgan fingerprint density at radius 1 is 1.19 bits per heavy atom. The van der Waals surface area contributed by atoms with E-state index in [1.54, 1.807) is 0 Å². The second-order valence-corrected chi connectivity index (χ2v) is 5.25. The van der Waals surface area contributed by atoms with Gasteiger partial charge in [0, 0.05) is 13.1 Å². The zero-order chi connectivity index (χ0) is 11.6. The summed E-state index contributed by atoms with van der Waals surface area (Å²) in [6, 6.07) is 0. The van der Waals surface area contributed by atoms with E-state index in [1.807, 2.05) is 4.90 Å². The van der Waals surface area contributed by atoms with Crippen molar-refractivity contribution in [3.63, 3.8) is 0 Å². The van der Waals surface area contributed by atoms with Crippen LogP contribution in [0.5, 0.6) is 0 Å². The normalized spacial score (nSPS) is 25.6. The average Bonchev–Trinajstić information content (AvgIpc) is 2.31. The highest BCUT2D eigenvalue weighted by molar-refractivity contribution is 5.70. The van der Waals surface area contributed by atoms with Gasteiger partial charge in [-0.05, 0) is 43.9 Å². The van der Waals surface area contributed by atoms with Crippen LogP contribution in [0.3, 0.4) is 0 Å². The first kappa shape index (κ1) is 11.4. The Hall–Kier alpha value is -1.06. The molecule has 0 aromatic rings. The molecule has 4 heteroatoms. The number of amides is 1. The molecule has 1 saturated carbocycles. The summed E-state index contributed by atoms with van der Waals surface area (Å²) in [6.07, 6.45) is 6.71. The number of carboxylic acids is 1. The van der Waals surface area contributed by atoms with Gasteiger partial charge in [-0.25, -0.2) is 0 Å². The molecule has 0 aromatic heterocycles. The van der Waals surface area contributed by atoms with Crippen LogP contribution >= 0.6 is 0 Å². The van der Waals surface area contributed by atoms with Gasteiger partial charge in [-0.1, -0.05) is 0 Å². The number of aliphatic carboxylic acids is 1. The molecule has 1 aliphatic heterocycles. The lowest BCUT2D eigenvalue weighted by atomic mass is 9.65. The summed E-state index contributed by atoms with van der Waals surface area (Å²) in [7, 11) is 0. The van der Waals surface area contributed by atoms with Crippen LogP contribution in [-0.2, 0) is 9.59 Å². The second kappa shape index (κ2) is 4.44. The molecule has 2 fully saturated rings. The number of hydrogen-bond donors (Lipinski definition) is 1. The highest BCUT2D eigenvalue weighted by Gasteiger charge is 2.39. The standard InChI is InChI=1S/C12H19NO3/c14-9-13-7-5-12(6-8-13)3-1-10(2-4-12)11(15)16/h9-10H,1-8H2,(H,15,16). The highest BCUT2D eigenvalue weighted by Crippen LogP contribution is 2.46. The van der Waals surface area contributed by atoms with Crippen molar-refractivity contribution in [2.24, 2.45) is 11.3 Å². The Kier molecular flexibility index (Phi) is 3.17. The average molecular weight is 225 g/mol. The molecule has 2 aliphatic rings. The lowest BCUT2D eigenvalue weighted by molar-refractivity contribution is -0.144. The number of carbonyl (C=O) groups is 2. The molecule has 1 saturated heterocycles. The summed E-state index contributed by atoms with van der Waals surface area (Å²) in [5.74, 6) is -0.769. The molecule has 1 amide bonds. The third-order valence-corrected chi connectivity index (χ3v) is 4.40. The fourth-order valence-corrected chi connectivity index (χ4v) is 3.08. The van der Waals surface area contributed by atoms with Gasteiger partial charge in [-0.2, -0.15) is 0 Å². The van der Waals surface area contributed by atoms with Gasteiger partial charge in [0.15, 0.2) is 0 Å². The summed E-state index contributed by atoms with van der Waals surface area (Å²) in [5.41, 5.74) is 0.339. The minimum atomic E-state index is -0.639. The van der Waals surface area contributed by atoms with Crippen molar-refractivity contribution in [1.29, 1.82) is 0 Å². The van der Waals surface area contributed by atoms with E-state index in [0.717, 1.165) is 58.0 Å². The number of piperidine rings is 1. The predicted molar refractivity (Wildman–Crippen MR) is 58.9 cm³/mol. The van der Waals surface area contributed by atoms with Crippen LogP contribution in [0.15, 0.2) is 0 Å². The fourth-order valence-electron chi connectivity index (χ4n) is 3.08. The topological polar surface area (TPSA) is 57.6 Å². The van der Waals surface area contributed by atoms with Crippen LogP contribution in [0, 0.1) is 11.3 Å². The smallest absolute Gasteiger partial charge is 0.306 e. The van der Waals surface area contributed by atoms with Gasteiger partial charge in [-0.15, -0.1) is 0 Å². The Balaban J connectivity index is 1.88. The van der Waals surface area contributed by atoms with E-state index in [-0.39, 0.29) is 5.92 Å². The Bertz CT molecular complexity index is 272. The molecular weight excluding hydrogens is 206 g/mol. The molecule has 1 heterocycles. The van der Waals surface area contributed by atoms with Crippen molar-refractivity contribution in [1.82, 2.24) is 4.90 Å². The molecule has 0 atom stereocenters. The summed E-state index contributed by atoms with van der Waals surface area (Å²) >= 11 is 0. The number of rotatable bonds is 2. The lowest BCUT2D eigenvalue weighted by Crippen LogP contribution is -2.41. The van der Waals surface area contributed by atoms with Gasteiger partial charge < -0.3 is 10.0 Å². The zero-order valence-electron chi connectivity index (χ0n) is 9.52. The van der Waals surface area contributed by atoms with Crippen LogP contribution < -0.4 is 0 Å². The first-order chi connectivity index (χ1) is 7.65. The van der Waals surface area contributed by atoms with Gasteiger partial charge in [0.25, 0.3) is 0 Å². The second-order valence-electron chi connectivity index (χ2n) is 5.25. The maximum atomic E-state index is 10.9. The number of hydrogen-bond acceptors (Lipinski definition) is 2. The molecule has 1 aliphatic carbocycles. The van der Waals surface area contributed by atoms with E-state index >= 15 is 0 Å². The minimum absolute atomic E-state index is 0.130. The maximum absolute atomic E-state index is 10.9. The first-order valence-corrected chi connectivity index (χ1v) is 6.07.